The van der Waals surface area contributed by atoms with Crippen LogP contribution in [0.4, 0.5) is 0 Å². The molecule has 0 unspecified atom stereocenters. The number of benzene rings is 1. The molecule has 0 N–H and O–H groups in total. The van der Waals surface area contributed by atoms with Crippen molar-refractivity contribution in [2.24, 2.45) is 0 Å². The highest BCUT2D eigenvalue weighted by Gasteiger charge is 2.16. The number of rotatable bonds is 0. The van der Waals surface area contributed by atoms with Crippen LogP contribution in [0.1, 0.15) is 5.69 Å². The molecule has 0 aliphatic carbocycles. The Bertz CT molecular complexity index is 639. The van der Waals surface area contributed by atoms with Gasteiger partial charge in [-0.25, -0.2) is 0 Å². The van der Waals surface area contributed by atoms with E-state index in [-0.39, 0.29) is 20.5 Å². The number of aromatic nitrogens is 2. The Labute approximate surface area is 83.4 Å². The van der Waals surface area contributed by atoms with Crippen molar-refractivity contribution in [3.05, 3.63) is 50.7 Å². The van der Waals surface area contributed by atoms with Crippen molar-refractivity contribution in [2.45, 2.75) is 0 Å². The minimum absolute atomic E-state index is 0.00338. The van der Waals surface area contributed by atoms with Crippen molar-refractivity contribution in [1.82, 2.24) is 4.73 Å². The Kier molecular flexibility index (Phi) is 1.80. The van der Waals surface area contributed by atoms with Crippen LogP contribution in [0.5, 0.6) is 0 Å². The van der Waals surface area contributed by atoms with Crippen LogP contribution in [0.25, 0.3) is 11.0 Å². The van der Waals surface area contributed by atoms with Gasteiger partial charge in [-0.15, -0.1) is 4.73 Å². The van der Waals surface area contributed by atoms with E-state index in [1.807, 2.05) is 0 Å². The standard InChI is InChI=1S/C9H4N3O3/c10-5-8-9(13)12(15)7-4-2-1-3-6(7)11(8)14/h1-4H/q-1. The maximum absolute atomic E-state index is 11.5. The molecule has 74 valence electrons. The average Bonchev–Trinajstić information content (AvgIpc) is 2.27. The third-order valence-corrected chi connectivity index (χ3v) is 2.02. The summed E-state index contributed by atoms with van der Waals surface area (Å²) in [5.74, 6) is 0. The van der Waals surface area contributed by atoms with Gasteiger partial charge in [-0.3, -0.25) is 4.79 Å². The second-order valence-corrected chi connectivity index (χ2v) is 2.84. The second kappa shape index (κ2) is 2.99. The van der Waals surface area contributed by atoms with Crippen molar-refractivity contribution in [3.8, 4) is 6.07 Å². The highest BCUT2D eigenvalue weighted by molar-refractivity contribution is 5.71. The molecule has 0 fully saturated rings. The number of nitrogens with zero attached hydrogens (tertiary/aromatic N) is 3. The van der Waals surface area contributed by atoms with E-state index < -0.39 is 11.3 Å². The van der Waals surface area contributed by atoms with Crippen LogP contribution in [0.3, 0.4) is 0 Å². The van der Waals surface area contributed by atoms with Gasteiger partial charge in [0.15, 0.2) is 6.07 Å². The van der Waals surface area contributed by atoms with Crippen LogP contribution in [0.15, 0.2) is 29.1 Å². The van der Waals surface area contributed by atoms with Gasteiger partial charge < -0.3 is 15.1 Å². The van der Waals surface area contributed by atoms with Gasteiger partial charge in [0, 0.05) is 6.07 Å². The number of hydrogen-bond donors (Lipinski definition) is 0. The summed E-state index contributed by atoms with van der Waals surface area (Å²) in [7, 11) is 0. The molecule has 1 heterocycles. The summed E-state index contributed by atoms with van der Waals surface area (Å²) in [4.78, 5) is 11.2. The van der Waals surface area contributed by atoms with E-state index in [4.69, 9.17) is 5.26 Å². The number of para-hydroxylation sites is 2. The molecule has 6 heteroatoms. The highest BCUT2D eigenvalue weighted by atomic mass is 16.5. The van der Waals surface area contributed by atoms with E-state index in [0.29, 0.717) is 0 Å². The van der Waals surface area contributed by atoms with Crippen molar-refractivity contribution in [1.29, 1.82) is 5.26 Å². The van der Waals surface area contributed by atoms with Crippen LogP contribution in [0, 0.1) is 21.7 Å². The van der Waals surface area contributed by atoms with Crippen LogP contribution in [-0.2, 0) is 0 Å². The molecule has 15 heavy (non-hydrogen) atoms. The molecule has 0 aliphatic rings. The Morgan fingerprint density at radius 1 is 1.40 bits per heavy atom. The van der Waals surface area contributed by atoms with E-state index in [1.54, 1.807) is 6.07 Å². The van der Waals surface area contributed by atoms with Crippen LogP contribution >= 0.6 is 0 Å². The zero-order chi connectivity index (χ0) is 11.0. The number of fused-ring (bicyclic) bond motifs is 1. The Morgan fingerprint density at radius 3 is 2.73 bits per heavy atom. The van der Waals surface area contributed by atoms with Crippen LogP contribution in [-0.4, -0.2) is 4.73 Å². The first kappa shape index (κ1) is 9.02. The zero-order valence-corrected chi connectivity index (χ0v) is 7.38. The van der Waals surface area contributed by atoms with Crippen molar-refractivity contribution in [3.63, 3.8) is 0 Å². The summed E-state index contributed by atoms with van der Waals surface area (Å²) in [5, 5.41) is 31.4. The highest BCUT2D eigenvalue weighted by Crippen LogP contribution is 2.06. The lowest BCUT2D eigenvalue weighted by Gasteiger charge is -2.12. The molecule has 0 bridgehead atoms. The van der Waals surface area contributed by atoms with Crippen molar-refractivity contribution in [2.75, 3.05) is 0 Å². The Balaban J connectivity index is 3.12. The first-order chi connectivity index (χ1) is 7.16. The summed E-state index contributed by atoms with van der Waals surface area (Å²) in [6.07, 6.45) is 0. The second-order valence-electron chi connectivity index (χ2n) is 2.84. The van der Waals surface area contributed by atoms with Gasteiger partial charge in [0.05, 0.1) is 0 Å². The lowest BCUT2D eigenvalue weighted by molar-refractivity contribution is -0.581. The number of hydrogen-bond acceptors (Lipinski definition) is 4. The molecule has 2 rings (SSSR count). The maximum atomic E-state index is 11.5. The normalized spacial score (nSPS) is 10.1. The largest absolute Gasteiger partial charge is 0.803 e. The maximum Gasteiger partial charge on any atom is 0.360 e. The van der Waals surface area contributed by atoms with E-state index in [1.165, 1.54) is 24.3 Å². The minimum atomic E-state index is -1.13. The van der Waals surface area contributed by atoms with Crippen LogP contribution in [0.2, 0.25) is 0 Å². The predicted molar refractivity (Wildman–Crippen MR) is 50.6 cm³/mol. The molecule has 0 amide bonds. The fourth-order valence-electron chi connectivity index (χ4n) is 1.31. The monoisotopic (exact) mass is 202 g/mol. The van der Waals surface area contributed by atoms with Gasteiger partial charge in [-0.05, 0) is 6.07 Å². The average molecular weight is 202 g/mol. The Hall–Kier alpha value is -2.55. The quantitative estimate of drug-likeness (QED) is 0.438. The Morgan fingerprint density at radius 2 is 2.07 bits per heavy atom. The molecule has 0 aliphatic heterocycles. The molecule has 6 nitrogen and oxygen atoms in total. The molecular weight excluding hydrogens is 198 g/mol. The molecular formula is C9H4N3O3-. The van der Waals surface area contributed by atoms with Crippen LogP contribution < -0.4 is 10.3 Å². The first-order valence-electron chi connectivity index (χ1n) is 4.01. The first-order valence-corrected chi connectivity index (χ1v) is 4.01. The molecule has 0 saturated carbocycles. The van der Waals surface area contributed by atoms with Gasteiger partial charge in [-0.1, -0.05) is 12.1 Å². The van der Waals surface area contributed by atoms with Gasteiger partial charge in [-0.2, -0.15) is 5.26 Å². The minimum Gasteiger partial charge on any atom is -0.803 e. The molecule has 0 spiro atoms. The third-order valence-electron chi connectivity index (χ3n) is 2.02. The SMILES string of the molecule is N#Cc1c(=O)n([O-])c2ccccc2[n+]1[O-]. The molecule has 1 aromatic heterocycles. The topological polar surface area (TPSA) is 95.8 Å². The third kappa shape index (κ3) is 1.10. The molecule has 2 aromatic rings. The predicted octanol–water partition coefficient (Wildman–Crippen LogP) is -0.148. The summed E-state index contributed by atoms with van der Waals surface area (Å²) in [6, 6.07) is 7.21. The summed E-state index contributed by atoms with van der Waals surface area (Å²) >= 11 is 0. The van der Waals surface area contributed by atoms with Crippen molar-refractivity contribution < 1.29 is 4.73 Å². The van der Waals surface area contributed by atoms with E-state index in [9.17, 15) is 15.2 Å². The zero-order valence-electron chi connectivity index (χ0n) is 7.38. The summed E-state index contributed by atoms with van der Waals surface area (Å²) < 4.78 is 0.217. The van der Waals surface area contributed by atoms with E-state index in [2.05, 4.69) is 0 Å². The fraction of sp³-hybridized carbons (Fsp3) is 0. The van der Waals surface area contributed by atoms with Gasteiger partial charge in [0.25, 0.3) is 0 Å². The molecule has 0 saturated heterocycles. The summed E-state index contributed by atoms with van der Waals surface area (Å²) in [5.41, 5.74) is -1.89. The molecule has 0 radical (unpaired) electrons. The molecule has 1 aromatic carbocycles. The fourth-order valence-corrected chi connectivity index (χ4v) is 1.31. The van der Waals surface area contributed by atoms with Gasteiger partial charge in [0.1, 0.15) is 5.52 Å². The number of nitriles is 1. The molecule has 0 atom stereocenters. The van der Waals surface area contributed by atoms with Gasteiger partial charge >= 0.3 is 11.3 Å². The smallest absolute Gasteiger partial charge is 0.360 e. The summed E-state index contributed by atoms with van der Waals surface area (Å²) in [6.45, 7) is 0. The van der Waals surface area contributed by atoms with E-state index >= 15 is 0 Å². The van der Waals surface area contributed by atoms with Crippen molar-refractivity contribution >= 4 is 11.0 Å². The lowest BCUT2D eigenvalue weighted by Crippen LogP contribution is -2.41. The van der Waals surface area contributed by atoms with E-state index in [0.717, 1.165) is 0 Å². The van der Waals surface area contributed by atoms with Gasteiger partial charge in [0.2, 0.25) is 5.52 Å². The lowest BCUT2D eigenvalue weighted by atomic mass is 10.3.